The molecule has 4 heteroatoms. The minimum absolute atomic E-state index is 0.0614. The summed E-state index contributed by atoms with van der Waals surface area (Å²) in [4.78, 5) is 4.66. The number of hydrogen-bond donors (Lipinski definition) is 0. The first-order valence-corrected chi connectivity index (χ1v) is 7.86. The molecule has 23 heavy (non-hydrogen) atoms. The third-order valence-electron chi connectivity index (χ3n) is 4.48. The quantitative estimate of drug-likeness (QED) is 0.724. The van der Waals surface area contributed by atoms with Crippen molar-refractivity contribution in [1.29, 1.82) is 5.26 Å². The number of fused-ring (bicyclic) bond motifs is 3. The third-order valence-corrected chi connectivity index (χ3v) is 4.48. The van der Waals surface area contributed by atoms with Gasteiger partial charge in [0.05, 0.1) is 23.9 Å². The molecule has 0 spiro atoms. The van der Waals surface area contributed by atoms with Gasteiger partial charge in [0.1, 0.15) is 6.10 Å². The molecule has 4 nitrogen and oxygen atoms in total. The van der Waals surface area contributed by atoms with Crippen LogP contribution in [0.2, 0.25) is 0 Å². The fourth-order valence-corrected chi connectivity index (χ4v) is 3.29. The lowest BCUT2D eigenvalue weighted by molar-refractivity contribution is 0.178. The van der Waals surface area contributed by atoms with Crippen molar-refractivity contribution in [3.63, 3.8) is 0 Å². The summed E-state index contributed by atoms with van der Waals surface area (Å²) in [6.45, 7) is 1.95. The number of imidazole rings is 1. The fraction of sp³-hybridized carbons (Fsp3) is 0.263. The van der Waals surface area contributed by atoms with Crippen LogP contribution in [0.4, 0.5) is 0 Å². The molecule has 0 saturated carbocycles. The smallest absolute Gasteiger partial charge is 0.180 e. The van der Waals surface area contributed by atoms with E-state index in [2.05, 4.69) is 29.3 Å². The molecule has 0 fully saturated rings. The lowest BCUT2D eigenvalue weighted by atomic mass is 9.98. The van der Waals surface area contributed by atoms with Crippen molar-refractivity contribution >= 4 is 5.65 Å². The SMILES string of the molecule is Cc1nc2c3c(ccn2c1CC#N)CCC(c1ccccc1)O3. The zero-order valence-electron chi connectivity index (χ0n) is 13.0. The summed E-state index contributed by atoms with van der Waals surface area (Å²) in [5.41, 5.74) is 5.05. The highest BCUT2D eigenvalue weighted by atomic mass is 16.5. The number of benzene rings is 1. The lowest BCUT2D eigenvalue weighted by Crippen LogP contribution is -2.16. The van der Waals surface area contributed by atoms with Gasteiger partial charge in [-0.15, -0.1) is 0 Å². The summed E-state index contributed by atoms with van der Waals surface area (Å²) >= 11 is 0. The Morgan fingerprint density at radius 1 is 1.30 bits per heavy atom. The van der Waals surface area contributed by atoms with Crippen molar-refractivity contribution in [3.8, 4) is 11.8 Å². The predicted octanol–water partition coefficient (Wildman–Crippen LogP) is 3.78. The number of rotatable bonds is 2. The number of pyridine rings is 1. The molecule has 1 aromatic carbocycles. The number of aryl methyl sites for hydroxylation is 2. The molecule has 3 heterocycles. The van der Waals surface area contributed by atoms with E-state index in [1.807, 2.05) is 35.7 Å². The minimum Gasteiger partial charge on any atom is -0.482 e. The van der Waals surface area contributed by atoms with Crippen LogP contribution in [0, 0.1) is 18.3 Å². The van der Waals surface area contributed by atoms with Crippen LogP contribution < -0.4 is 4.74 Å². The first kappa shape index (κ1) is 13.8. The maximum atomic E-state index is 9.03. The minimum atomic E-state index is 0.0614. The number of nitriles is 1. The summed E-state index contributed by atoms with van der Waals surface area (Å²) in [6, 6.07) is 14.6. The van der Waals surface area contributed by atoms with Gasteiger partial charge in [0.15, 0.2) is 11.4 Å². The summed E-state index contributed by atoms with van der Waals surface area (Å²) < 4.78 is 8.30. The highest BCUT2D eigenvalue weighted by molar-refractivity contribution is 5.61. The molecular formula is C19H17N3O. The van der Waals surface area contributed by atoms with Crippen molar-refractivity contribution in [2.75, 3.05) is 0 Å². The molecule has 1 atom stereocenters. The van der Waals surface area contributed by atoms with Crippen molar-refractivity contribution in [1.82, 2.24) is 9.38 Å². The van der Waals surface area contributed by atoms with E-state index in [0.717, 1.165) is 35.6 Å². The molecule has 0 saturated heterocycles. The molecule has 114 valence electrons. The van der Waals surface area contributed by atoms with Crippen molar-refractivity contribution in [2.45, 2.75) is 32.3 Å². The molecule has 3 aromatic rings. The van der Waals surface area contributed by atoms with Crippen LogP contribution >= 0.6 is 0 Å². The van der Waals surface area contributed by atoms with E-state index in [-0.39, 0.29) is 6.10 Å². The topological polar surface area (TPSA) is 50.3 Å². The maximum absolute atomic E-state index is 9.03. The standard InChI is InChI=1S/C19H17N3O/c1-13-16(9-11-20)22-12-10-15-7-8-17(14-5-3-2-4-6-14)23-18(15)19(22)21-13/h2-6,10,12,17H,7-9H2,1H3. The lowest BCUT2D eigenvalue weighted by Gasteiger charge is -2.26. The molecule has 0 amide bonds. The highest BCUT2D eigenvalue weighted by Gasteiger charge is 2.25. The predicted molar refractivity (Wildman–Crippen MR) is 87.4 cm³/mol. The maximum Gasteiger partial charge on any atom is 0.180 e. The molecule has 0 aliphatic carbocycles. The number of hydrogen-bond acceptors (Lipinski definition) is 3. The van der Waals surface area contributed by atoms with E-state index in [4.69, 9.17) is 10.00 Å². The molecular weight excluding hydrogens is 286 g/mol. The van der Waals surface area contributed by atoms with E-state index in [0.29, 0.717) is 6.42 Å². The summed E-state index contributed by atoms with van der Waals surface area (Å²) in [7, 11) is 0. The monoisotopic (exact) mass is 303 g/mol. The molecule has 1 aliphatic heterocycles. The highest BCUT2D eigenvalue weighted by Crippen LogP contribution is 2.38. The van der Waals surface area contributed by atoms with E-state index in [1.165, 1.54) is 11.1 Å². The second-order valence-corrected chi connectivity index (χ2v) is 5.90. The van der Waals surface area contributed by atoms with Gasteiger partial charge in [0.2, 0.25) is 0 Å². The molecule has 0 radical (unpaired) electrons. The van der Waals surface area contributed by atoms with Gasteiger partial charge in [-0.25, -0.2) is 4.98 Å². The Bertz CT molecular complexity index is 906. The first-order chi connectivity index (χ1) is 11.3. The molecule has 4 rings (SSSR count). The first-order valence-electron chi connectivity index (χ1n) is 7.86. The normalized spacial score (nSPS) is 16.6. The number of nitrogens with zero attached hydrogens (tertiary/aromatic N) is 3. The van der Waals surface area contributed by atoms with Crippen LogP contribution in [-0.4, -0.2) is 9.38 Å². The van der Waals surface area contributed by atoms with Crippen LogP contribution in [0.25, 0.3) is 5.65 Å². The zero-order chi connectivity index (χ0) is 15.8. The molecule has 0 bridgehead atoms. The molecule has 2 aromatic heterocycles. The Morgan fingerprint density at radius 3 is 2.91 bits per heavy atom. The van der Waals surface area contributed by atoms with Crippen molar-refractivity contribution < 1.29 is 4.74 Å². The fourth-order valence-electron chi connectivity index (χ4n) is 3.29. The van der Waals surface area contributed by atoms with Crippen LogP contribution in [0.3, 0.4) is 0 Å². The average molecular weight is 303 g/mol. The average Bonchev–Trinajstić information content (AvgIpc) is 2.92. The Hall–Kier alpha value is -2.80. The summed E-state index contributed by atoms with van der Waals surface area (Å²) in [6.07, 6.45) is 4.37. The van der Waals surface area contributed by atoms with Gasteiger partial charge in [-0.3, -0.25) is 4.40 Å². The zero-order valence-corrected chi connectivity index (χ0v) is 13.0. The van der Waals surface area contributed by atoms with Crippen molar-refractivity contribution in [2.24, 2.45) is 0 Å². The number of ether oxygens (including phenoxy) is 1. The van der Waals surface area contributed by atoms with E-state index in [1.54, 1.807) is 0 Å². The van der Waals surface area contributed by atoms with Crippen LogP contribution in [0.5, 0.6) is 5.75 Å². The van der Waals surface area contributed by atoms with E-state index in [9.17, 15) is 0 Å². The van der Waals surface area contributed by atoms with Crippen molar-refractivity contribution in [3.05, 3.63) is 65.1 Å². The van der Waals surface area contributed by atoms with Gasteiger partial charge in [-0.05, 0) is 37.0 Å². The summed E-state index contributed by atoms with van der Waals surface area (Å²) in [5, 5.41) is 9.03. The van der Waals surface area contributed by atoms with Crippen LogP contribution in [-0.2, 0) is 12.8 Å². The Kier molecular flexibility index (Phi) is 3.27. The van der Waals surface area contributed by atoms with Gasteiger partial charge in [0, 0.05) is 6.20 Å². The van der Waals surface area contributed by atoms with Gasteiger partial charge < -0.3 is 4.74 Å². The van der Waals surface area contributed by atoms with E-state index < -0.39 is 0 Å². The second-order valence-electron chi connectivity index (χ2n) is 5.90. The third kappa shape index (κ3) is 2.25. The van der Waals surface area contributed by atoms with Crippen LogP contribution in [0.15, 0.2) is 42.6 Å². The second kappa shape index (κ2) is 5.44. The van der Waals surface area contributed by atoms with Gasteiger partial charge in [0.25, 0.3) is 0 Å². The summed E-state index contributed by atoms with van der Waals surface area (Å²) in [5.74, 6) is 0.861. The number of aromatic nitrogens is 2. The Balaban J connectivity index is 1.81. The Morgan fingerprint density at radius 2 is 2.13 bits per heavy atom. The van der Waals surface area contributed by atoms with Crippen LogP contribution in [0.1, 0.15) is 35.0 Å². The van der Waals surface area contributed by atoms with Gasteiger partial charge >= 0.3 is 0 Å². The largest absolute Gasteiger partial charge is 0.482 e. The molecule has 1 aliphatic rings. The van der Waals surface area contributed by atoms with E-state index >= 15 is 0 Å². The van der Waals surface area contributed by atoms with Gasteiger partial charge in [-0.2, -0.15) is 5.26 Å². The molecule has 1 unspecified atom stereocenters. The molecule has 0 N–H and O–H groups in total. The van der Waals surface area contributed by atoms with Gasteiger partial charge in [-0.1, -0.05) is 30.3 Å². The Labute approximate surface area is 135 Å².